The van der Waals surface area contributed by atoms with Crippen molar-refractivity contribution >= 4 is 0 Å². The highest BCUT2D eigenvalue weighted by Gasteiger charge is 2.30. The van der Waals surface area contributed by atoms with Crippen LogP contribution in [-0.4, -0.2) is 0 Å². The van der Waals surface area contributed by atoms with Gasteiger partial charge in [0.15, 0.2) is 0 Å². The predicted octanol–water partition coefficient (Wildman–Crippen LogP) is 2.27. The Hall–Kier alpha value is -1.23. The summed E-state index contributed by atoms with van der Waals surface area (Å²) in [5, 5.41) is 0. The van der Waals surface area contributed by atoms with E-state index in [2.05, 4.69) is 4.84 Å². The van der Waals surface area contributed by atoms with Gasteiger partial charge in [-0.05, 0) is 24.6 Å². The van der Waals surface area contributed by atoms with Crippen LogP contribution in [0.5, 0.6) is 5.75 Å². The minimum absolute atomic E-state index is 0.0369. The van der Waals surface area contributed by atoms with Crippen molar-refractivity contribution < 1.29 is 18.0 Å². The van der Waals surface area contributed by atoms with Crippen LogP contribution in [-0.2, 0) is 6.18 Å². The fraction of sp³-hybridized carbons (Fsp3) is 0.250. The van der Waals surface area contributed by atoms with Gasteiger partial charge in [0, 0.05) is 0 Å². The fourth-order valence-electron chi connectivity index (χ4n) is 0.903. The van der Waals surface area contributed by atoms with Crippen LogP contribution < -0.4 is 10.7 Å². The van der Waals surface area contributed by atoms with E-state index < -0.39 is 11.7 Å². The van der Waals surface area contributed by atoms with Crippen molar-refractivity contribution in [2.24, 2.45) is 5.90 Å². The lowest BCUT2D eigenvalue weighted by atomic mass is 10.1. The second-order valence-corrected chi connectivity index (χ2v) is 2.60. The molecule has 0 aliphatic carbocycles. The number of hydrogen-bond donors (Lipinski definition) is 1. The van der Waals surface area contributed by atoms with Crippen molar-refractivity contribution in [2.75, 3.05) is 0 Å². The Kier molecular flexibility index (Phi) is 2.47. The highest BCUT2D eigenvalue weighted by atomic mass is 19.4. The van der Waals surface area contributed by atoms with Gasteiger partial charge in [0.2, 0.25) is 0 Å². The van der Waals surface area contributed by atoms with Crippen molar-refractivity contribution in [1.82, 2.24) is 0 Å². The average Bonchev–Trinajstić information content (AvgIpc) is 2.03. The molecule has 0 atom stereocenters. The molecule has 0 spiro atoms. The molecule has 1 aromatic rings. The number of rotatable bonds is 1. The smallest absolute Gasteiger partial charge is 0.411 e. The molecule has 0 bridgehead atoms. The van der Waals surface area contributed by atoms with E-state index in [0.29, 0.717) is 5.56 Å². The lowest BCUT2D eigenvalue weighted by Gasteiger charge is -2.09. The zero-order chi connectivity index (χ0) is 10.1. The van der Waals surface area contributed by atoms with Crippen LogP contribution in [0.2, 0.25) is 0 Å². The summed E-state index contributed by atoms with van der Waals surface area (Å²) in [6.07, 6.45) is -4.36. The molecule has 2 nitrogen and oxygen atoms in total. The topological polar surface area (TPSA) is 35.2 Å². The van der Waals surface area contributed by atoms with E-state index in [9.17, 15) is 13.2 Å². The van der Waals surface area contributed by atoms with Gasteiger partial charge in [0.1, 0.15) is 5.75 Å². The molecule has 13 heavy (non-hydrogen) atoms. The lowest BCUT2D eigenvalue weighted by molar-refractivity contribution is -0.137. The molecule has 0 saturated heterocycles. The number of nitrogens with two attached hydrogens (primary N) is 1. The molecule has 0 saturated carbocycles. The summed E-state index contributed by atoms with van der Waals surface area (Å²) in [5.41, 5.74) is -0.200. The maximum absolute atomic E-state index is 12.1. The van der Waals surface area contributed by atoms with Crippen LogP contribution in [0.4, 0.5) is 13.2 Å². The monoisotopic (exact) mass is 191 g/mol. The van der Waals surface area contributed by atoms with Gasteiger partial charge in [0.25, 0.3) is 0 Å². The summed E-state index contributed by atoms with van der Waals surface area (Å²) < 4.78 is 36.4. The molecule has 0 fully saturated rings. The third kappa shape index (κ3) is 2.12. The summed E-state index contributed by atoms with van der Waals surface area (Å²) in [4.78, 5) is 4.28. The van der Waals surface area contributed by atoms with Crippen LogP contribution in [0.15, 0.2) is 18.2 Å². The van der Waals surface area contributed by atoms with Gasteiger partial charge in [-0.2, -0.15) is 19.1 Å². The Balaban J connectivity index is 3.14. The van der Waals surface area contributed by atoms with Gasteiger partial charge >= 0.3 is 6.18 Å². The molecule has 5 heteroatoms. The Morgan fingerprint density at radius 3 is 2.38 bits per heavy atom. The van der Waals surface area contributed by atoms with Gasteiger partial charge in [-0.25, -0.2) is 0 Å². The van der Waals surface area contributed by atoms with E-state index >= 15 is 0 Å². The SMILES string of the molecule is Cc1ccc(C(F)(F)F)cc1ON. The van der Waals surface area contributed by atoms with Gasteiger partial charge in [-0.1, -0.05) is 6.07 Å². The maximum atomic E-state index is 12.1. The molecule has 0 amide bonds. The number of benzene rings is 1. The summed E-state index contributed by atoms with van der Waals surface area (Å²) >= 11 is 0. The normalized spacial score (nSPS) is 11.5. The van der Waals surface area contributed by atoms with Gasteiger partial charge in [-0.3, -0.25) is 0 Å². The van der Waals surface area contributed by atoms with E-state index in [1.165, 1.54) is 6.07 Å². The highest BCUT2D eigenvalue weighted by Crippen LogP contribution is 2.32. The minimum Gasteiger partial charge on any atom is -0.411 e. The Morgan fingerprint density at radius 2 is 1.92 bits per heavy atom. The van der Waals surface area contributed by atoms with Crippen LogP contribution >= 0.6 is 0 Å². The average molecular weight is 191 g/mol. The first-order valence-electron chi connectivity index (χ1n) is 3.49. The molecule has 0 aliphatic heterocycles. The Labute approximate surface area is 73.1 Å². The van der Waals surface area contributed by atoms with Gasteiger partial charge < -0.3 is 4.84 Å². The molecule has 0 aromatic heterocycles. The number of alkyl halides is 3. The third-order valence-electron chi connectivity index (χ3n) is 1.64. The molecule has 72 valence electrons. The summed E-state index contributed by atoms with van der Waals surface area (Å²) in [6.45, 7) is 1.61. The van der Waals surface area contributed by atoms with Crippen LogP contribution in [0.3, 0.4) is 0 Å². The zero-order valence-corrected chi connectivity index (χ0v) is 6.85. The largest absolute Gasteiger partial charge is 0.416 e. The summed E-state index contributed by atoms with van der Waals surface area (Å²) in [5.74, 6) is 4.83. The van der Waals surface area contributed by atoms with Gasteiger partial charge in [-0.15, -0.1) is 0 Å². The Morgan fingerprint density at radius 1 is 1.31 bits per heavy atom. The number of hydrogen-bond acceptors (Lipinski definition) is 2. The standard InChI is InChI=1S/C8H8F3NO/c1-5-2-3-6(8(9,10)11)4-7(5)13-12/h2-4H,12H2,1H3. The molecule has 2 N–H and O–H groups in total. The fourth-order valence-corrected chi connectivity index (χ4v) is 0.903. The van der Waals surface area contributed by atoms with Crippen LogP contribution in [0.1, 0.15) is 11.1 Å². The van der Waals surface area contributed by atoms with E-state index in [-0.39, 0.29) is 5.75 Å². The first-order chi connectivity index (χ1) is 5.95. The van der Waals surface area contributed by atoms with Crippen molar-refractivity contribution in [3.63, 3.8) is 0 Å². The quantitative estimate of drug-likeness (QED) is 0.691. The summed E-state index contributed by atoms with van der Waals surface area (Å²) in [6, 6.07) is 3.16. The summed E-state index contributed by atoms with van der Waals surface area (Å²) in [7, 11) is 0. The molecule has 1 rings (SSSR count). The first-order valence-corrected chi connectivity index (χ1v) is 3.49. The first kappa shape index (κ1) is 9.85. The zero-order valence-electron chi connectivity index (χ0n) is 6.85. The van der Waals surface area contributed by atoms with Crippen LogP contribution in [0, 0.1) is 6.92 Å². The third-order valence-corrected chi connectivity index (χ3v) is 1.64. The van der Waals surface area contributed by atoms with Crippen molar-refractivity contribution in [3.05, 3.63) is 29.3 Å². The lowest BCUT2D eigenvalue weighted by Crippen LogP contribution is -2.08. The van der Waals surface area contributed by atoms with Crippen molar-refractivity contribution in [2.45, 2.75) is 13.1 Å². The molecular weight excluding hydrogens is 183 g/mol. The molecule has 1 aromatic carbocycles. The number of aryl methyl sites for hydroxylation is 1. The second kappa shape index (κ2) is 3.26. The predicted molar refractivity (Wildman–Crippen MR) is 41.0 cm³/mol. The van der Waals surface area contributed by atoms with Crippen LogP contribution in [0.25, 0.3) is 0 Å². The van der Waals surface area contributed by atoms with Crippen molar-refractivity contribution in [3.8, 4) is 5.75 Å². The molecule has 0 aliphatic rings. The number of halogens is 3. The molecule has 0 heterocycles. The second-order valence-electron chi connectivity index (χ2n) is 2.60. The van der Waals surface area contributed by atoms with Crippen molar-refractivity contribution in [1.29, 1.82) is 0 Å². The Bertz CT molecular complexity index is 309. The molecular formula is C8H8F3NO. The van der Waals surface area contributed by atoms with E-state index in [4.69, 9.17) is 5.90 Å². The van der Waals surface area contributed by atoms with Gasteiger partial charge in [0.05, 0.1) is 5.56 Å². The van der Waals surface area contributed by atoms with E-state index in [1.807, 2.05) is 0 Å². The maximum Gasteiger partial charge on any atom is 0.416 e. The molecule has 0 radical (unpaired) electrons. The highest BCUT2D eigenvalue weighted by molar-refractivity contribution is 5.37. The van der Waals surface area contributed by atoms with E-state index in [1.54, 1.807) is 6.92 Å². The minimum atomic E-state index is -4.36. The molecule has 0 unspecified atom stereocenters. The van der Waals surface area contributed by atoms with E-state index in [0.717, 1.165) is 12.1 Å².